The Morgan fingerprint density at radius 3 is 2.59 bits per heavy atom. The summed E-state index contributed by atoms with van der Waals surface area (Å²) in [7, 11) is 0. The Morgan fingerprint density at radius 2 is 1.94 bits per heavy atom. The predicted molar refractivity (Wildman–Crippen MR) is 75.7 cm³/mol. The lowest BCUT2D eigenvalue weighted by Gasteiger charge is -2.05. The molecule has 1 aromatic heterocycles. The van der Waals surface area contributed by atoms with E-state index in [9.17, 15) is 0 Å². The average Bonchev–Trinajstić information content (AvgIpc) is 2.70. The van der Waals surface area contributed by atoms with Gasteiger partial charge in [0.2, 0.25) is 0 Å². The van der Waals surface area contributed by atoms with Gasteiger partial charge in [-0.2, -0.15) is 0 Å². The zero-order valence-corrected chi connectivity index (χ0v) is 11.4. The van der Waals surface area contributed by atoms with E-state index in [1.807, 2.05) is 30.3 Å². The number of benzene rings is 1. The van der Waals surface area contributed by atoms with Crippen LogP contribution in [0.25, 0.3) is 0 Å². The molecule has 2 nitrogen and oxygen atoms in total. The zero-order chi connectivity index (χ0) is 12.3. The van der Waals surface area contributed by atoms with Crippen molar-refractivity contribution in [2.24, 2.45) is 0 Å². The van der Waals surface area contributed by atoms with Crippen LogP contribution >= 0.6 is 34.5 Å². The summed E-state index contributed by atoms with van der Waals surface area (Å²) in [6.07, 6.45) is 0. The molecule has 2 aromatic rings. The van der Waals surface area contributed by atoms with Gasteiger partial charge in [0.05, 0.1) is 15.0 Å². The summed E-state index contributed by atoms with van der Waals surface area (Å²) in [5.74, 6) is 0. The van der Waals surface area contributed by atoms with Gasteiger partial charge in [-0.15, -0.1) is 11.3 Å². The molecule has 2 rings (SSSR count). The molecule has 0 atom stereocenters. The molecule has 0 saturated carbocycles. The lowest BCUT2D eigenvalue weighted by molar-refractivity contribution is 0.701. The number of nitrogen functional groups attached to an aromatic ring is 1. The van der Waals surface area contributed by atoms with E-state index in [4.69, 9.17) is 28.9 Å². The number of hydrogen-bond donors (Lipinski definition) is 2. The van der Waals surface area contributed by atoms with Crippen molar-refractivity contribution >= 4 is 40.2 Å². The maximum Gasteiger partial charge on any atom is 0.0931 e. The van der Waals surface area contributed by atoms with E-state index >= 15 is 0 Å². The SMILES string of the molecule is Nc1cc(CNCc2ccc(Cl)s2)ccc1Cl. The summed E-state index contributed by atoms with van der Waals surface area (Å²) in [4.78, 5) is 1.22. The Kier molecular flexibility index (Phi) is 4.29. The molecule has 3 N–H and O–H groups in total. The summed E-state index contributed by atoms with van der Waals surface area (Å²) in [5, 5.41) is 3.93. The van der Waals surface area contributed by atoms with Gasteiger partial charge in [-0.3, -0.25) is 0 Å². The first-order chi connectivity index (χ1) is 8.15. The standard InChI is InChI=1S/C12H12Cl2N2S/c13-10-3-1-8(5-11(10)15)6-16-7-9-2-4-12(14)17-9/h1-5,16H,6-7,15H2. The number of rotatable bonds is 4. The van der Waals surface area contributed by atoms with Gasteiger partial charge in [0.25, 0.3) is 0 Å². The van der Waals surface area contributed by atoms with Crippen molar-refractivity contribution in [1.29, 1.82) is 0 Å². The fourth-order valence-electron chi connectivity index (χ4n) is 1.48. The maximum atomic E-state index is 5.85. The van der Waals surface area contributed by atoms with Crippen molar-refractivity contribution in [3.63, 3.8) is 0 Å². The van der Waals surface area contributed by atoms with Gasteiger partial charge in [-0.05, 0) is 29.8 Å². The first kappa shape index (κ1) is 12.7. The van der Waals surface area contributed by atoms with Gasteiger partial charge in [0.15, 0.2) is 0 Å². The molecule has 0 saturated heterocycles. The van der Waals surface area contributed by atoms with Crippen LogP contribution in [0.1, 0.15) is 10.4 Å². The first-order valence-electron chi connectivity index (χ1n) is 5.14. The highest BCUT2D eigenvalue weighted by molar-refractivity contribution is 7.16. The Labute approximate surface area is 114 Å². The van der Waals surface area contributed by atoms with E-state index in [-0.39, 0.29) is 0 Å². The van der Waals surface area contributed by atoms with Gasteiger partial charge in [0, 0.05) is 18.0 Å². The highest BCUT2D eigenvalue weighted by Gasteiger charge is 2.00. The minimum Gasteiger partial charge on any atom is -0.398 e. The van der Waals surface area contributed by atoms with Gasteiger partial charge in [0.1, 0.15) is 0 Å². The van der Waals surface area contributed by atoms with Crippen LogP contribution in [-0.2, 0) is 13.1 Å². The fourth-order valence-corrected chi connectivity index (χ4v) is 2.65. The van der Waals surface area contributed by atoms with E-state index < -0.39 is 0 Å². The Morgan fingerprint density at radius 1 is 1.12 bits per heavy atom. The topological polar surface area (TPSA) is 38.0 Å². The number of thiophene rings is 1. The quantitative estimate of drug-likeness (QED) is 0.836. The van der Waals surface area contributed by atoms with Crippen molar-refractivity contribution in [2.45, 2.75) is 13.1 Å². The number of anilines is 1. The van der Waals surface area contributed by atoms with Gasteiger partial charge in [-0.25, -0.2) is 0 Å². The number of nitrogens with one attached hydrogen (secondary N) is 1. The molecular formula is C12H12Cl2N2S. The predicted octanol–water partition coefficient (Wildman–Crippen LogP) is 3.93. The van der Waals surface area contributed by atoms with Crippen molar-refractivity contribution < 1.29 is 0 Å². The normalized spacial score (nSPS) is 10.7. The molecule has 0 aliphatic heterocycles. The largest absolute Gasteiger partial charge is 0.398 e. The Bertz CT molecular complexity index is 511. The average molecular weight is 287 g/mol. The van der Waals surface area contributed by atoms with Crippen LogP contribution in [0.15, 0.2) is 30.3 Å². The molecule has 0 fully saturated rings. The van der Waals surface area contributed by atoms with Crippen LogP contribution < -0.4 is 11.1 Å². The van der Waals surface area contributed by atoms with Gasteiger partial charge < -0.3 is 11.1 Å². The second-order valence-electron chi connectivity index (χ2n) is 3.67. The minimum atomic E-state index is 0.596. The van der Waals surface area contributed by atoms with E-state index in [1.54, 1.807) is 11.3 Å². The molecule has 5 heteroatoms. The molecule has 1 aromatic carbocycles. The van der Waals surface area contributed by atoms with Gasteiger partial charge in [-0.1, -0.05) is 29.3 Å². The third-order valence-corrected chi connectivity index (χ3v) is 3.89. The Balaban J connectivity index is 1.87. The number of hydrogen-bond acceptors (Lipinski definition) is 3. The summed E-state index contributed by atoms with van der Waals surface area (Å²) in [6, 6.07) is 9.60. The molecule has 0 amide bonds. The van der Waals surface area contributed by atoms with Crippen LogP contribution in [0, 0.1) is 0 Å². The molecule has 0 aliphatic rings. The van der Waals surface area contributed by atoms with Crippen molar-refractivity contribution in [3.8, 4) is 0 Å². The summed E-state index contributed by atoms with van der Waals surface area (Å²) in [6.45, 7) is 1.57. The summed E-state index contributed by atoms with van der Waals surface area (Å²) >= 11 is 13.3. The third kappa shape index (κ3) is 3.61. The summed E-state index contributed by atoms with van der Waals surface area (Å²) < 4.78 is 0.817. The van der Waals surface area contributed by atoms with E-state index in [0.29, 0.717) is 10.7 Å². The fraction of sp³-hybridized carbons (Fsp3) is 0.167. The van der Waals surface area contributed by atoms with Crippen LogP contribution in [-0.4, -0.2) is 0 Å². The molecule has 1 heterocycles. The highest BCUT2D eigenvalue weighted by atomic mass is 35.5. The van der Waals surface area contributed by atoms with Crippen LogP contribution in [0.3, 0.4) is 0 Å². The molecule has 17 heavy (non-hydrogen) atoms. The van der Waals surface area contributed by atoms with Gasteiger partial charge >= 0.3 is 0 Å². The van der Waals surface area contributed by atoms with E-state index in [1.165, 1.54) is 4.88 Å². The van der Waals surface area contributed by atoms with E-state index in [2.05, 4.69) is 5.32 Å². The van der Waals surface area contributed by atoms with Crippen molar-refractivity contribution in [2.75, 3.05) is 5.73 Å². The third-order valence-electron chi connectivity index (χ3n) is 2.32. The number of nitrogens with two attached hydrogens (primary N) is 1. The molecule has 0 unspecified atom stereocenters. The van der Waals surface area contributed by atoms with Crippen LogP contribution in [0.2, 0.25) is 9.36 Å². The van der Waals surface area contributed by atoms with Crippen molar-refractivity contribution in [3.05, 3.63) is 50.1 Å². The molecule has 0 bridgehead atoms. The Hall–Kier alpha value is -0.740. The highest BCUT2D eigenvalue weighted by Crippen LogP contribution is 2.22. The summed E-state index contributed by atoms with van der Waals surface area (Å²) in [5.41, 5.74) is 7.47. The zero-order valence-electron chi connectivity index (χ0n) is 9.04. The molecule has 90 valence electrons. The van der Waals surface area contributed by atoms with E-state index in [0.717, 1.165) is 23.0 Å². The lowest BCUT2D eigenvalue weighted by Crippen LogP contribution is -2.11. The minimum absolute atomic E-state index is 0.596. The molecule has 0 radical (unpaired) electrons. The lowest BCUT2D eigenvalue weighted by atomic mass is 10.2. The smallest absolute Gasteiger partial charge is 0.0931 e. The monoisotopic (exact) mass is 286 g/mol. The molecular weight excluding hydrogens is 275 g/mol. The maximum absolute atomic E-state index is 5.85. The van der Waals surface area contributed by atoms with Crippen molar-refractivity contribution in [1.82, 2.24) is 5.32 Å². The first-order valence-corrected chi connectivity index (χ1v) is 6.71. The van der Waals surface area contributed by atoms with Crippen LogP contribution in [0.5, 0.6) is 0 Å². The number of halogens is 2. The van der Waals surface area contributed by atoms with Crippen LogP contribution in [0.4, 0.5) is 5.69 Å². The second-order valence-corrected chi connectivity index (χ2v) is 5.87. The molecule has 0 spiro atoms. The second kappa shape index (κ2) is 5.74. The molecule has 0 aliphatic carbocycles.